The first-order chi connectivity index (χ1) is 7.27. The van der Waals surface area contributed by atoms with Crippen molar-refractivity contribution in [3.63, 3.8) is 0 Å². The summed E-state index contributed by atoms with van der Waals surface area (Å²) < 4.78 is 2.16. The Morgan fingerprint density at radius 3 is 2.73 bits per heavy atom. The van der Waals surface area contributed by atoms with Crippen molar-refractivity contribution in [1.29, 1.82) is 0 Å². The summed E-state index contributed by atoms with van der Waals surface area (Å²) in [4.78, 5) is 0. The van der Waals surface area contributed by atoms with E-state index in [0.29, 0.717) is 0 Å². The first kappa shape index (κ1) is 10.2. The van der Waals surface area contributed by atoms with E-state index in [-0.39, 0.29) is 0 Å². The summed E-state index contributed by atoms with van der Waals surface area (Å²) in [5.74, 6) is 0. The topological polar surface area (TPSA) is 17.8 Å². The number of nitrogens with zero attached hydrogens (tertiary/aromatic N) is 2. The molecule has 0 aliphatic heterocycles. The Kier molecular flexibility index (Phi) is 2.76. The van der Waals surface area contributed by atoms with Gasteiger partial charge in [-0.25, -0.2) is 0 Å². The van der Waals surface area contributed by atoms with Gasteiger partial charge < -0.3 is 0 Å². The third kappa shape index (κ3) is 1.65. The monoisotopic (exact) mass is 202 g/mol. The molecule has 0 spiro atoms. The van der Waals surface area contributed by atoms with Gasteiger partial charge >= 0.3 is 0 Å². The molecule has 2 heteroatoms. The number of hydrogen-bond acceptors (Lipinski definition) is 1. The molecule has 2 nitrogen and oxygen atoms in total. The van der Waals surface area contributed by atoms with Crippen molar-refractivity contribution in [3.8, 4) is 0 Å². The van der Waals surface area contributed by atoms with Gasteiger partial charge in [-0.05, 0) is 25.3 Å². The molecule has 2 aromatic rings. The summed E-state index contributed by atoms with van der Waals surface area (Å²) in [5.41, 5.74) is 3.87. The third-order valence-electron chi connectivity index (χ3n) is 2.82. The Bertz CT molecular complexity index is 469. The number of hydrogen-bond donors (Lipinski definition) is 0. The van der Waals surface area contributed by atoms with Crippen LogP contribution in [0.3, 0.4) is 0 Å². The van der Waals surface area contributed by atoms with Crippen LogP contribution in [0, 0.1) is 6.92 Å². The maximum absolute atomic E-state index is 4.68. The van der Waals surface area contributed by atoms with E-state index in [2.05, 4.69) is 48.8 Å². The highest BCUT2D eigenvalue weighted by molar-refractivity contribution is 5.84. The molecular formula is C13H18N2. The number of rotatable bonds is 3. The Balaban J connectivity index is 2.70. The van der Waals surface area contributed by atoms with E-state index in [0.717, 1.165) is 19.4 Å². The Morgan fingerprint density at radius 2 is 2.07 bits per heavy atom. The van der Waals surface area contributed by atoms with Gasteiger partial charge in [-0.2, -0.15) is 5.10 Å². The van der Waals surface area contributed by atoms with Crippen molar-refractivity contribution in [2.45, 2.75) is 40.2 Å². The summed E-state index contributed by atoms with van der Waals surface area (Å²) in [6.45, 7) is 7.54. The molecule has 0 aliphatic carbocycles. The van der Waals surface area contributed by atoms with Gasteiger partial charge in [0, 0.05) is 11.9 Å². The maximum atomic E-state index is 4.68. The second-order valence-electron chi connectivity index (χ2n) is 3.99. The highest BCUT2D eigenvalue weighted by Crippen LogP contribution is 2.22. The van der Waals surface area contributed by atoms with Crippen LogP contribution in [-0.2, 0) is 13.0 Å². The summed E-state index contributed by atoms with van der Waals surface area (Å²) in [6, 6.07) is 6.46. The largest absolute Gasteiger partial charge is 0.264 e. The Hall–Kier alpha value is -1.31. The van der Waals surface area contributed by atoms with Crippen molar-refractivity contribution in [3.05, 3.63) is 29.5 Å². The maximum Gasteiger partial charge on any atom is 0.0714 e. The molecule has 1 aromatic heterocycles. The van der Waals surface area contributed by atoms with Crippen molar-refractivity contribution >= 4 is 10.9 Å². The first-order valence-corrected chi connectivity index (χ1v) is 5.73. The van der Waals surface area contributed by atoms with Gasteiger partial charge in [0.05, 0.1) is 11.2 Å². The lowest BCUT2D eigenvalue weighted by atomic mass is 10.1. The van der Waals surface area contributed by atoms with Crippen LogP contribution in [-0.4, -0.2) is 9.78 Å². The fourth-order valence-corrected chi connectivity index (χ4v) is 2.12. The normalized spacial score (nSPS) is 11.1. The molecule has 0 unspecified atom stereocenters. The van der Waals surface area contributed by atoms with E-state index in [1.165, 1.54) is 22.2 Å². The molecule has 80 valence electrons. The molecule has 0 saturated carbocycles. The fourth-order valence-electron chi connectivity index (χ4n) is 2.12. The van der Waals surface area contributed by atoms with Crippen molar-refractivity contribution in [2.24, 2.45) is 0 Å². The van der Waals surface area contributed by atoms with Crippen LogP contribution in [0.1, 0.15) is 31.5 Å². The average Bonchev–Trinajstić information content (AvgIpc) is 2.59. The lowest BCUT2D eigenvalue weighted by Gasteiger charge is -2.02. The van der Waals surface area contributed by atoms with Crippen LogP contribution in [0.15, 0.2) is 18.2 Å². The molecule has 0 atom stereocenters. The van der Waals surface area contributed by atoms with Gasteiger partial charge in [-0.1, -0.05) is 32.0 Å². The number of fused-ring (bicyclic) bond motifs is 1. The molecule has 0 radical (unpaired) electrons. The Labute approximate surface area is 90.9 Å². The van der Waals surface area contributed by atoms with E-state index in [9.17, 15) is 0 Å². The molecule has 0 N–H and O–H groups in total. The van der Waals surface area contributed by atoms with Crippen molar-refractivity contribution in [2.75, 3.05) is 0 Å². The summed E-state index contributed by atoms with van der Waals surface area (Å²) >= 11 is 0. The van der Waals surface area contributed by atoms with E-state index in [4.69, 9.17) is 0 Å². The van der Waals surface area contributed by atoms with Gasteiger partial charge in [0.25, 0.3) is 0 Å². The second-order valence-corrected chi connectivity index (χ2v) is 3.99. The molecule has 0 fully saturated rings. The molecule has 0 bridgehead atoms. The van der Waals surface area contributed by atoms with Crippen molar-refractivity contribution in [1.82, 2.24) is 9.78 Å². The quantitative estimate of drug-likeness (QED) is 0.746. The van der Waals surface area contributed by atoms with Crippen LogP contribution in [0.25, 0.3) is 10.9 Å². The van der Waals surface area contributed by atoms with Crippen LogP contribution in [0.5, 0.6) is 0 Å². The van der Waals surface area contributed by atoms with E-state index < -0.39 is 0 Å². The Morgan fingerprint density at radius 1 is 1.27 bits per heavy atom. The third-order valence-corrected chi connectivity index (χ3v) is 2.82. The number of aryl methyl sites for hydroxylation is 3. The lowest BCUT2D eigenvalue weighted by molar-refractivity contribution is 0.612. The minimum absolute atomic E-state index is 1.01. The van der Waals surface area contributed by atoms with E-state index in [1.54, 1.807) is 0 Å². The SMILES string of the molecule is CCCn1nc(CC)c2cccc(C)c21. The zero-order valence-corrected chi connectivity index (χ0v) is 9.75. The van der Waals surface area contributed by atoms with Gasteiger partial charge in [0.2, 0.25) is 0 Å². The first-order valence-electron chi connectivity index (χ1n) is 5.73. The average molecular weight is 202 g/mol. The molecule has 15 heavy (non-hydrogen) atoms. The predicted molar refractivity (Wildman–Crippen MR) is 64.1 cm³/mol. The summed E-state index contributed by atoms with van der Waals surface area (Å²) in [6.07, 6.45) is 2.14. The molecule has 0 aliphatic rings. The summed E-state index contributed by atoms with van der Waals surface area (Å²) in [5, 5.41) is 6.00. The van der Waals surface area contributed by atoms with Gasteiger partial charge in [-0.15, -0.1) is 0 Å². The number of para-hydroxylation sites is 1. The van der Waals surface area contributed by atoms with Crippen molar-refractivity contribution < 1.29 is 0 Å². The predicted octanol–water partition coefficient (Wildman–Crippen LogP) is 3.32. The highest BCUT2D eigenvalue weighted by atomic mass is 15.3. The molecule has 1 heterocycles. The minimum Gasteiger partial charge on any atom is -0.264 e. The minimum atomic E-state index is 1.01. The zero-order chi connectivity index (χ0) is 10.8. The zero-order valence-electron chi connectivity index (χ0n) is 9.75. The molecular weight excluding hydrogens is 184 g/mol. The van der Waals surface area contributed by atoms with Gasteiger partial charge in [0.1, 0.15) is 0 Å². The van der Waals surface area contributed by atoms with E-state index >= 15 is 0 Å². The van der Waals surface area contributed by atoms with Gasteiger partial charge in [0.15, 0.2) is 0 Å². The molecule has 0 saturated heterocycles. The lowest BCUT2D eigenvalue weighted by Crippen LogP contribution is -2.00. The second kappa shape index (κ2) is 4.05. The standard InChI is InChI=1S/C13H18N2/c1-4-9-15-13-10(3)7-6-8-11(13)12(5-2)14-15/h6-8H,4-5,9H2,1-3H3. The smallest absolute Gasteiger partial charge is 0.0714 e. The van der Waals surface area contributed by atoms with Crippen LogP contribution in [0.2, 0.25) is 0 Å². The van der Waals surface area contributed by atoms with Crippen LogP contribution >= 0.6 is 0 Å². The molecule has 1 aromatic carbocycles. The summed E-state index contributed by atoms with van der Waals surface area (Å²) in [7, 11) is 0. The van der Waals surface area contributed by atoms with E-state index in [1.807, 2.05) is 0 Å². The number of benzene rings is 1. The molecule has 2 rings (SSSR count). The van der Waals surface area contributed by atoms with Gasteiger partial charge in [-0.3, -0.25) is 4.68 Å². The van der Waals surface area contributed by atoms with Crippen LogP contribution < -0.4 is 0 Å². The van der Waals surface area contributed by atoms with Crippen LogP contribution in [0.4, 0.5) is 0 Å². The fraction of sp³-hybridized carbons (Fsp3) is 0.462. The number of aromatic nitrogens is 2. The molecule has 0 amide bonds. The highest BCUT2D eigenvalue weighted by Gasteiger charge is 2.09.